The lowest BCUT2D eigenvalue weighted by molar-refractivity contribution is -0.384. The van der Waals surface area contributed by atoms with Crippen molar-refractivity contribution in [3.05, 3.63) is 63.4 Å². The quantitative estimate of drug-likeness (QED) is 0.624. The van der Waals surface area contributed by atoms with Crippen molar-refractivity contribution in [2.45, 2.75) is 0 Å². The molecule has 2 aromatic rings. The van der Waals surface area contributed by atoms with Gasteiger partial charge >= 0.3 is 0 Å². The van der Waals surface area contributed by atoms with Crippen molar-refractivity contribution in [3.8, 4) is 0 Å². The number of nitro benzene ring substituents is 1. The van der Waals surface area contributed by atoms with Crippen molar-refractivity contribution in [2.24, 2.45) is 0 Å². The van der Waals surface area contributed by atoms with Gasteiger partial charge in [0, 0.05) is 38.3 Å². The molecule has 0 radical (unpaired) electrons. The molecule has 7 nitrogen and oxygen atoms in total. The summed E-state index contributed by atoms with van der Waals surface area (Å²) in [4.78, 5) is 26.4. The number of para-hydroxylation sites is 1. The topological polar surface area (TPSA) is 78.7 Å². The van der Waals surface area contributed by atoms with Crippen LogP contribution in [0.15, 0.2) is 42.5 Å². The van der Waals surface area contributed by atoms with Gasteiger partial charge in [0.05, 0.1) is 27.9 Å². The maximum Gasteiger partial charge on any atom is 0.271 e. The van der Waals surface area contributed by atoms with Crippen molar-refractivity contribution in [2.75, 3.05) is 42.9 Å². The Bertz CT molecular complexity index is 856. The number of non-ortho nitro benzene ring substituents is 1. The minimum atomic E-state index is -0.484. The Hall–Kier alpha value is -2.71. The minimum Gasteiger partial charge on any atom is -0.368 e. The van der Waals surface area contributed by atoms with Crippen LogP contribution in [-0.2, 0) is 4.79 Å². The standard InChI is InChI=1S/C18H18ClFN4O3/c19-14-11-13(24(26)27)5-6-17(14)23-9-7-22(8-10-23)12-18(25)21-16-4-2-1-3-15(16)20/h1-6,11H,7-10,12H2,(H,21,25). The molecule has 0 aromatic heterocycles. The molecule has 1 saturated heterocycles. The fourth-order valence-electron chi connectivity index (χ4n) is 2.97. The first-order valence-corrected chi connectivity index (χ1v) is 8.77. The number of nitrogens with zero attached hydrogens (tertiary/aromatic N) is 3. The highest BCUT2D eigenvalue weighted by molar-refractivity contribution is 6.33. The van der Waals surface area contributed by atoms with E-state index >= 15 is 0 Å². The monoisotopic (exact) mass is 392 g/mol. The lowest BCUT2D eigenvalue weighted by atomic mass is 10.2. The molecular weight excluding hydrogens is 375 g/mol. The Labute approximate surface area is 160 Å². The third-order valence-corrected chi connectivity index (χ3v) is 4.67. The van der Waals surface area contributed by atoms with Crippen molar-refractivity contribution >= 4 is 34.6 Å². The summed E-state index contributed by atoms with van der Waals surface area (Å²) in [7, 11) is 0. The van der Waals surface area contributed by atoms with E-state index in [4.69, 9.17) is 11.6 Å². The molecule has 1 amide bonds. The molecular formula is C18H18ClFN4O3. The van der Waals surface area contributed by atoms with Gasteiger partial charge in [0.25, 0.3) is 5.69 Å². The molecule has 1 N–H and O–H groups in total. The molecule has 1 aliphatic rings. The zero-order chi connectivity index (χ0) is 19.4. The number of halogens is 2. The molecule has 2 aromatic carbocycles. The van der Waals surface area contributed by atoms with Crippen LogP contribution in [0.5, 0.6) is 0 Å². The predicted molar refractivity (Wildman–Crippen MR) is 102 cm³/mol. The summed E-state index contributed by atoms with van der Waals surface area (Å²) in [6, 6.07) is 10.4. The fraction of sp³-hybridized carbons (Fsp3) is 0.278. The van der Waals surface area contributed by atoms with Crippen molar-refractivity contribution in [1.82, 2.24) is 4.90 Å². The Morgan fingerprint density at radius 1 is 1.19 bits per heavy atom. The van der Waals surface area contributed by atoms with E-state index in [1.54, 1.807) is 18.2 Å². The molecule has 1 fully saturated rings. The van der Waals surface area contributed by atoms with Crippen molar-refractivity contribution in [1.29, 1.82) is 0 Å². The van der Waals surface area contributed by atoms with E-state index in [9.17, 15) is 19.3 Å². The Balaban J connectivity index is 1.54. The molecule has 0 aliphatic carbocycles. The van der Waals surface area contributed by atoms with Crippen LogP contribution in [0.3, 0.4) is 0 Å². The molecule has 0 spiro atoms. The number of nitrogens with one attached hydrogen (secondary N) is 1. The summed E-state index contributed by atoms with van der Waals surface area (Å²) in [5.74, 6) is -0.745. The molecule has 0 saturated carbocycles. The summed E-state index contributed by atoms with van der Waals surface area (Å²) < 4.78 is 13.6. The van der Waals surface area contributed by atoms with E-state index < -0.39 is 10.7 Å². The number of anilines is 2. The van der Waals surface area contributed by atoms with Gasteiger partial charge in [-0.05, 0) is 18.2 Å². The maximum absolute atomic E-state index is 13.6. The second-order valence-electron chi connectivity index (χ2n) is 6.18. The van der Waals surface area contributed by atoms with Crippen molar-refractivity contribution in [3.63, 3.8) is 0 Å². The minimum absolute atomic E-state index is 0.0489. The molecule has 1 aliphatic heterocycles. The highest BCUT2D eigenvalue weighted by Gasteiger charge is 2.22. The number of carbonyl (C=O) groups is 1. The van der Waals surface area contributed by atoms with Gasteiger partial charge in [0.15, 0.2) is 0 Å². The number of rotatable bonds is 5. The zero-order valence-corrected chi connectivity index (χ0v) is 15.2. The van der Waals surface area contributed by atoms with Crippen LogP contribution in [0, 0.1) is 15.9 Å². The highest BCUT2D eigenvalue weighted by atomic mass is 35.5. The Kier molecular flexibility index (Phi) is 5.88. The molecule has 1 heterocycles. The van der Waals surface area contributed by atoms with E-state index in [2.05, 4.69) is 5.32 Å². The lowest BCUT2D eigenvalue weighted by Gasteiger charge is -2.36. The van der Waals surface area contributed by atoms with E-state index in [-0.39, 0.29) is 23.8 Å². The van der Waals surface area contributed by atoms with Gasteiger partial charge in [-0.25, -0.2) is 4.39 Å². The number of piperazine rings is 1. The third kappa shape index (κ3) is 4.72. The van der Waals surface area contributed by atoms with Gasteiger partial charge in [0.1, 0.15) is 5.82 Å². The van der Waals surface area contributed by atoms with Gasteiger partial charge in [-0.3, -0.25) is 19.8 Å². The Morgan fingerprint density at radius 2 is 1.89 bits per heavy atom. The predicted octanol–water partition coefficient (Wildman–Crippen LogP) is 3.15. The number of hydrogen-bond donors (Lipinski definition) is 1. The van der Waals surface area contributed by atoms with E-state index in [1.807, 2.05) is 9.80 Å². The average molecular weight is 393 g/mol. The van der Waals surface area contributed by atoms with Crippen LogP contribution >= 0.6 is 11.6 Å². The van der Waals surface area contributed by atoms with Gasteiger partial charge in [-0.15, -0.1) is 0 Å². The average Bonchev–Trinajstić information content (AvgIpc) is 2.64. The molecule has 142 valence electrons. The fourth-order valence-corrected chi connectivity index (χ4v) is 3.26. The lowest BCUT2D eigenvalue weighted by Crippen LogP contribution is -2.48. The molecule has 3 rings (SSSR count). The van der Waals surface area contributed by atoms with Crippen LogP contribution in [0.4, 0.5) is 21.5 Å². The first-order chi connectivity index (χ1) is 12.9. The van der Waals surface area contributed by atoms with Crippen LogP contribution in [0.25, 0.3) is 0 Å². The molecule has 9 heteroatoms. The van der Waals surface area contributed by atoms with Crippen LogP contribution in [-0.4, -0.2) is 48.5 Å². The molecule has 0 atom stereocenters. The summed E-state index contributed by atoms with van der Waals surface area (Å²) in [6.45, 7) is 2.67. The summed E-state index contributed by atoms with van der Waals surface area (Å²) in [5, 5.41) is 13.7. The van der Waals surface area contributed by atoms with Crippen molar-refractivity contribution < 1.29 is 14.1 Å². The summed E-state index contributed by atoms with van der Waals surface area (Å²) in [5.41, 5.74) is 0.851. The van der Waals surface area contributed by atoms with Gasteiger partial charge in [0.2, 0.25) is 5.91 Å². The first-order valence-electron chi connectivity index (χ1n) is 8.39. The number of amides is 1. The summed E-state index contributed by atoms with van der Waals surface area (Å²) in [6.07, 6.45) is 0. The van der Waals surface area contributed by atoms with Crippen LogP contribution in [0.2, 0.25) is 5.02 Å². The molecule has 0 unspecified atom stereocenters. The molecule has 0 bridgehead atoms. The second kappa shape index (κ2) is 8.32. The number of benzene rings is 2. The number of nitro groups is 1. The van der Waals surface area contributed by atoms with Gasteiger partial charge in [-0.1, -0.05) is 23.7 Å². The molecule has 27 heavy (non-hydrogen) atoms. The second-order valence-corrected chi connectivity index (χ2v) is 6.59. The number of carbonyl (C=O) groups excluding carboxylic acids is 1. The van der Waals surface area contributed by atoms with Gasteiger partial charge < -0.3 is 10.2 Å². The normalized spacial score (nSPS) is 14.8. The highest BCUT2D eigenvalue weighted by Crippen LogP contribution is 2.30. The number of hydrogen-bond acceptors (Lipinski definition) is 5. The van der Waals surface area contributed by atoms with E-state index in [0.717, 1.165) is 5.69 Å². The van der Waals surface area contributed by atoms with Crippen LogP contribution < -0.4 is 10.2 Å². The Morgan fingerprint density at radius 3 is 2.52 bits per heavy atom. The van der Waals surface area contributed by atoms with Gasteiger partial charge in [-0.2, -0.15) is 0 Å². The maximum atomic E-state index is 13.6. The summed E-state index contributed by atoms with van der Waals surface area (Å²) >= 11 is 6.17. The zero-order valence-electron chi connectivity index (χ0n) is 14.4. The third-order valence-electron chi connectivity index (χ3n) is 4.37. The van der Waals surface area contributed by atoms with Crippen LogP contribution in [0.1, 0.15) is 0 Å². The first kappa shape index (κ1) is 19.1. The van der Waals surface area contributed by atoms with E-state index in [1.165, 1.54) is 24.3 Å². The SMILES string of the molecule is O=C(CN1CCN(c2ccc([N+](=O)[O-])cc2Cl)CC1)Nc1ccccc1F. The smallest absolute Gasteiger partial charge is 0.271 e. The van der Waals surface area contributed by atoms with E-state index in [0.29, 0.717) is 31.2 Å². The largest absolute Gasteiger partial charge is 0.368 e.